The largest absolute Gasteiger partial charge is 0.504 e. The van der Waals surface area contributed by atoms with Crippen LogP contribution in [0.1, 0.15) is 0 Å². The minimum absolute atomic E-state index is 0.172. The van der Waals surface area contributed by atoms with Crippen LogP contribution in [0.2, 0.25) is 0 Å². The van der Waals surface area contributed by atoms with Crippen molar-refractivity contribution in [3.8, 4) is 33.8 Å². The van der Waals surface area contributed by atoms with E-state index in [9.17, 15) is 10.2 Å². The Balaban J connectivity index is 1.59. The molecule has 3 nitrogen and oxygen atoms in total. The maximum absolute atomic E-state index is 10.4. The standard InChI is InChI=1S/C30H22BrNO2/c31-29-27(19-20-28(33)30(29)34)32(25-15-11-23(12-16-25)21-7-3-1-4-8-21)26-17-13-24(14-18-26)22-9-5-2-6-10-22/h1-20,33-34H. The van der Waals surface area contributed by atoms with Crippen LogP contribution in [0.25, 0.3) is 22.3 Å². The van der Waals surface area contributed by atoms with E-state index in [1.54, 1.807) is 6.07 Å². The van der Waals surface area contributed by atoms with E-state index in [0.29, 0.717) is 4.47 Å². The first-order chi connectivity index (χ1) is 16.6. The van der Waals surface area contributed by atoms with Gasteiger partial charge in [-0.2, -0.15) is 0 Å². The van der Waals surface area contributed by atoms with E-state index in [1.807, 2.05) is 41.3 Å². The zero-order chi connectivity index (χ0) is 23.5. The second kappa shape index (κ2) is 9.46. The molecule has 0 bridgehead atoms. The molecule has 0 saturated carbocycles. The van der Waals surface area contributed by atoms with Crippen molar-refractivity contribution in [2.45, 2.75) is 0 Å². The lowest BCUT2D eigenvalue weighted by Gasteiger charge is -2.27. The lowest BCUT2D eigenvalue weighted by molar-refractivity contribution is 0.401. The number of benzene rings is 5. The van der Waals surface area contributed by atoms with Gasteiger partial charge in [0, 0.05) is 11.4 Å². The summed E-state index contributed by atoms with van der Waals surface area (Å²) in [5.41, 5.74) is 7.12. The molecule has 2 N–H and O–H groups in total. The molecule has 0 radical (unpaired) electrons. The number of phenolic OH excluding ortho intramolecular Hbond substituents is 2. The van der Waals surface area contributed by atoms with Crippen molar-refractivity contribution in [1.82, 2.24) is 0 Å². The highest BCUT2D eigenvalue weighted by Gasteiger charge is 2.19. The molecular weight excluding hydrogens is 486 g/mol. The van der Waals surface area contributed by atoms with E-state index in [4.69, 9.17) is 0 Å². The molecule has 34 heavy (non-hydrogen) atoms. The fourth-order valence-corrected chi connectivity index (χ4v) is 4.52. The first-order valence-corrected chi connectivity index (χ1v) is 11.7. The minimum Gasteiger partial charge on any atom is -0.504 e. The monoisotopic (exact) mass is 507 g/mol. The Morgan fingerprint density at radius 2 is 0.882 bits per heavy atom. The number of rotatable bonds is 5. The maximum atomic E-state index is 10.4. The molecule has 0 aliphatic rings. The van der Waals surface area contributed by atoms with Crippen molar-refractivity contribution >= 4 is 33.0 Å². The molecule has 5 rings (SSSR count). The van der Waals surface area contributed by atoms with Crippen LogP contribution in [0.5, 0.6) is 11.5 Å². The third kappa shape index (κ3) is 4.28. The number of hydrogen-bond acceptors (Lipinski definition) is 3. The van der Waals surface area contributed by atoms with Crippen molar-refractivity contribution in [2.24, 2.45) is 0 Å². The summed E-state index contributed by atoms with van der Waals surface area (Å²) in [7, 11) is 0. The molecule has 0 unspecified atom stereocenters. The van der Waals surface area contributed by atoms with Crippen molar-refractivity contribution in [3.05, 3.63) is 126 Å². The average molecular weight is 508 g/mol. The number of anilines is 3. The highest BCUT2D eigenvalue weighted by molar-refractivity contribution is 9.10. The highest BCUT2D eigenvalue weighted by Crippen LogP contribution is 2.46. The van der Waals surface area contributed by atoms with Crippen LogP contribution in [0.15, 0.2) is 126 Å². The number of nitrogens with zero attached hydrogens (tertiary/aromatic N) is 1. The third-order valence-electron chi connectivity index (χ3n) is 5.78. The van der Waals surface area contributed by atoms with Crippen LogP contribution in [0.4, 0.5) is 17.1 Å². The SMILES string of the molecule is Oc1ccc(N(c2ccc(-c3ccccc3)cc2)c2ccc(-c3ccccc3)cc2)c(Br)c1O. The normalized spacial score (nSPS) is 10.7. The summed E-state index contributed by atoms with van der Waals surface area (Å²) in [6.45, 7) is 0. The van der Waals surface area contributed by atoms with Crippen molar-refractivity contribution in [1.29, 1.82) is 0 Å². The Morgan fingerprint density at radius 3 is 1.32 bits per heavy atom. The van der Waals surface area contributed by atoms with Crippen molar-refractivity contribution in [2.75, 3.05) is 4.90 Å². The smallest absolute Gasteiger partial charge is 0.174 e. The van der Waals surface area contributed by atoms with E-state index in [1.165, 1.54) is 6.07 Å². The molecule has 5 aromatic carbocycles. The highest BCUT2D eigenvalue weighted by atomic mass is 79.9. The third-order valence-corrected chi connectivity index (χ3v) is 6.56. The van der Waals surface area contributed by atoms with Gasteiger partial charge < -0.3 is 15.1 Å². The first-order valence-electron chi connectivity index (χ1n) is 10.9. The zero-order valence-corrected chi connectivity index (χ0v) is 19.9. The van der Waals surface area contributed by atoms with E-state index >= 15 is 0 Å². The maximum Gasteiger partial charge on any atom is 0.174 e. The molecule has 0 aliphatic heterocycles. The molecule has 5 aromatic rings. The molecule has 0 amide bonds. The van der Waals surface area contributed by atoms with Gasteiger partial charge in [-0.25, -0.2) is 0 Å². The molecule has 0 aliphatic carbocycles. The Kier molecular flexibility index (Phi) is 6.07. The second-order valence-corrected chi connectivity index (χ2v) is 8.72. The first kappa shape index (κ1) is 21.8. The van der Waals surface area contributed by atoms with Gasteiger partial charge in [-0.05, 0) is 74.6 Å². The van der Waals surface area contributed by atoms with Gasteiger partial charge >= 0.3 is 0 Å². The predicted molar refractivity (Wildman–Crippen MR) is 143 cm³/mol. The molecule has 0 fully saturated rings. The molecule has 0 aromatic heterocycles. The quantitative estimate of drug-likeness (QED) is 0.234. The van der Waals surface area contributed by atoms with Gasteiger partial charge in [-0.15, -0.1) is 0 Å². The van der Waals surface area contributed by atoms with E-state index in [-0.39, 0.29) is 11.5 Å². The summed E-state index contributed by atoms with van der Waals surface area (Å²) in [4.78, 5) is 2.05. The summed E-state index contributed by atoms with van der Waals surface area (Å²) in [5, 5.41) is 20.4. The lowest BCUT2D eigenvalue weighted by Crippen LogP contribution is -2.10. The number of aromatic hydroxyl groups is 2. The van der Waals surface area contributed by atoms with Crippen molar-refractivity contribution < 1.29 is 10.2 Å². The van der Waals surface area contributed by atoms with Gasteiger partial charge in [-0.3, -0.25) is 0 Å². The van der Waals surface area contributed by atoms with Gasteiger partial charge in [-0.1, -0.05) is 84.9 Å². The number of hydrogen-bond donors (Lipinski definition) is 2. The zero-order valence-electron chi connectivity index (χ0n) is 18.3. The predicted octanol–water partition coefficient (Wildman–Crippen LogP) is 8.66. The van der Waals surface area contributed by atoms with Crippen molar-refractivity contribution in [3.63, 3.8) is 0 Å². The Bertz CT molecular complexity index is 1320. The van der Waals surface area contributed by atoms with Crippen LogP contribution in [0.3, 0.4) is 0 Å². The summed E-state index contributed by atoms with van der Waals surface area (Å²) < 4.78 is 0.423. The fraction of sp³-hybridized carbons (Fsp3) is 0. The molecule has 4 heteroatoms. The lowest BCUT2D eigenvalue weighted by atomic mass is 10.0. The molecule has 0 spiro atoms. The Morgan fingerprint density at radius 1 is 0.471 bits per heavy atom. The fourth-order valence-electron chi connectivity index (χ4n) is 4.01. The van der Waals surface area contributed by atoms with Crippen LogP contribution >= 0.6 is 15.9 Å². The molecule has 0 heterocycles. The molecular formula is C30H22BrNO2. The minimum atomic E-state index is -0.190. The summed E-state index contributed by atoms with van der Waals surface area (Å²) >= 11 is 3.48. The van der Waals surface area contributed by atoms with E-state index in [2.05, 4.69) is 88.7 Å². The molecule has 0 atom stereocenters. The Hall–Kier alpha value is -4.02. The average Bonchev–Trinajstić information content (AvgIpc) is 2.90. The number of phenols is 2. The summed E-state index contributed by atoms with van der Waals surface area (Å²) in [5.74, 6) is -0.362. The Labute approximate surface area is 207 Å². The van der Waals surface area contributed by atoms with Gasteiger partial charge in [0.15, 0.2) is 11.5 Å². The van der Waals surface area contributed by atoms with Gasteiger partial charge in [0.25, 0.3) is 0 Å². The number of halogens is 1. The van der Waals surface area contributed by atoms with Crippen LogP contribution in [-0.2, 0) is 0 Å². The van der Waals surface area contributed by atoms with Crippen LogP contribution in [-0.4, -0.2) is 10.2 Å². The summed E-state index contributed by atoms with van der Waals surface area (Å²) in [6, 6.07) is 40.3. The van der Waals surface area contributed by atoms with Gasteiger partial charge in [0.2, 0.25) is 0 Å². The topological polar surface area (TPSA) is 43.7 Å². The van der Waals surface area contributed by atoms with E-state index < -0.39 is 0 Å². The van der Waals surface area contributed by atoms with Crippen LogP contribution < -0.4 is 4.90 Å². The van der Waals surface area contributed by atoms with E-state index in [0.717, 1.165) is 39.3 Å². The van der Waals surface area contributed by atoms with Gasteiger partial charge in [0.05, 0.1) is 10.2 Å². The molecule has 166 valence electrons. The molecule has 0 saturated heterocycles. The summed E-state index contributed by atoms with van der Waals surface area (Å²) in [6.07, 6.45) is 0. The van der Waals surface area contributed by atoms with Crippen LogP contribution in [0, 0.1) is 0 Å². The van der Waals surface area contributed by atoms with Gasteiger partial charge in [0.1, 0.15) is 0 Å². The second-order valence-electron chi connectivity index (χ2n) is 7.93.